The molecule has 0 unspecified atom stereocenters. The second-order valence-electron chi connectivity index (χ2n) is 6.80. The van der Waals surface area contributed by atoms with Gasteiger partial charge in [-0.25, -0.2) is 9.31 Å². The van der Waals surface area contributed by atoms with Gasteiger partial charge in [-0.15, -0.1) is 11.3 Å². The van der Waals surface area contributed by atoms with Gasteiger partial charge < -0.3 is 9.47 Å². The summed E-state index contributed by atoms with van der Waals surface area (Å²) in [4.78, 5) is 15.6. The number of nitrogens with zero attached hydrogens (tertiary/aromatic N) is 3. The Labute approximate surface area is 174 Å². The molecule has 3 rings (SSSR count). The highest BCUT2D eigenvalue weighted by molar-refractivity contribution is 9.10. The van der Waals surface area contributed by atoms with Crippen molar-refractivity contribution in [3.8, 4) is 5.75 Å². The van der Waals surface area contributed by atoms with E-state index in [1.165, 1.54) is 0 Å². The zero-order chi connectivity index (χ0) is 19.8. The van der Waals surface area contributed by atoms with Crippen LogP contribution in [0.25, 0.3) is 5.52 Å². The molecular weight excluding hydrogens is 454 g/mol. The number of ether oxygens (including phenoxy) is 2. The van der Waals surface area contributed by atoms with Gasteiger partial charge in [-0.3, -0.25) is 4.90 Å². The van der Waals surface area contributed by atoms with E-state index >= 15 is 0 Å². The Kier molecular flexibility index (Phi) is 5.69. The first-order valence-electron chi connectivity index (χ1n) is 8.14. The van der Waals surface area contributed by atoms with Gasteiger partial charge in [0.25, 0.3) is 0 Å². The second-order valence-corrected chi connectivity index (χ2v) is 9.08. The van der Waals surface area contributed by atoms with Gasteiger partial charge in [-0.05, 0) is 48.1 Å². The summed E-state index contributed by atoms with van der Waals surface area (Å²) in [5.74, 6) is 0.564. The van der Waals surface area contributed by atoms with Gasteiger partial charge in [-0.1, -0.05) is 17.7 Å². The molecule has 0 radical (unpaired) electrons. The van der Waals surface area contributed by atoms with Crippen LogP contribution in [0, 0.1) is 0 Å². The monoisotopic (exact) mass is 471 g/mol. The molecule has 9 heteroatoms. The molecule has 0 spiro atoms. The Morgan fingerprint density at radius 3 is 2.78 bits per heavy atom. The number of methoxy groups -OCH3 is 1. The molecule has 0 atom stereocenters. The number of carbonyl (C=O) groups excluding carboxylic acids is 1. The Morgan fingerprint density at radius 1 is 1.44 bits per heavy atom. The molecule has 144 valence electrons. The van der Waals surface area contributed by atoms with E-state index in [9.17, 15) is 4.79 Å². The molecular formula is C18H19BrClN3O3S. The van der Waals surface area contributed by atoms with Gasteiger partial charge in [0, 0.05) is 17.1 Å². The van der Waals surface area contributed by atoms with Gasteiger partial charge in [-0.2, -0.15) is 5.10 Å². The fraction of sp³-hybridized carbons (Fsp3) is 0.333. The predicted molar refractivity (Wildman–Crippen MR) is 111 cm³/mol. The number of amides is 1. The van der Waals surface area contributed by atoms with Crippen molar-refractivity contribution in [2.45, 2.75) is 32.9 Å². The van der Waals surface area contributed by atoms with Gasteiger partial charge in [0.2, 0.25) is 0 Å². The molecule has 3 heterocycles. The maximum absolute atomic E-state index is 13.0. The molecule has 1 amide bonds. The standard InChI is InChI=1S/C18H19BrClN3O3S/c1-18(2,3)26-17(24)22(9-11-6-5-7-27-11)13-8-14(20)21-23-10-12(19)16(25-4)15(13)23/h5-8,10H,9H2,1-4H3. The van der Waals surface area contributed by atoms with Crippen LogP contribution in [0.15, 0.2) is 34.2 Å². The maximum Gasteiger partial charge on any atom is 0.415 e. The highest BCUT2D eigenvalue weighted by Gasteiger charge is 2.28. The lowest BCUT2D eigenvalue weighted by atomic mass is 10.2. The number of rotatable bonds is 4. The lowest BCUT2D eigenvalue weighted by Crippen LogP contribution is -2.36. The summed E-state index contributed by atoms with van der Waals surface area (Å²) in [6.07, 6.45) is 1.27. The SMILES string of the molecule is COc1c(Br)cn2nc(Cl)cc(N(Cc3cccs3)C(=O)OC(C)(C)C)c12. The lowest BCUT2D eigenvalue weighted by Gasteiger charge is -2.27. The van der Waals surface area contributed by atoms with E-state index in [1.54, 1.807) is 40.1 Å². The smallest absolute Gasteiger partial charge is 0.415 e. The van der Waals surface area contributed by atoms with E-state index in [4.69, 9.17) is 21.1 Å². The summed E-state index contributed by atoms with van der Waals surface area (Å²) in [7, 11) is 1.57. The van der Waals surface area contributed by atoms with Gasteiger partial charge in [0.05, 0.1) is 23.8 Å². The Balaban J connectivity index is 2.17. The van der Waals surface area contributed by atoms with E-state index in [-0.39, 0.29) is 5.15 Å². The third-order valence-electron chi connectivity index (χ3n) is 3.60. The molecule has 3 aromatic rings. The average Bonchev–Trinajstić information content (AvgIpc) is 3.16. The van der Waals surface area contributed by atoms with E-state index in [2.05, 4.69) is 21.0 Å². The molecule has 0 aliphatic heterocycles. The van der Waals surface area contributed by atoms with Crippen LogP contribution >= 0.6 is 38.9 Å². The Bertz CT molecular complexity index is 967. The molecule has 0 aliphatic rings. The minimum Gasteiger partial charge on any atom is -0.493 e. The number of fused-ring (bicyclic) bond motifs is 1. The van der Waals surface area contributed by atoms with Crippen LogP contribution in [0.5, 0.6) is 5.75 Å². The number of aromatic nitrogens is 2. The number of anilines is 1. The molecule has 0 fully saturated rings. The van der Waals surface area contributed by atoms with Gasteiger partial charge in [0.1, 0.15) is 11.1 Å². The minimum absolute atomic E-state index is 0.252. The summed E-state index contributed by atoms with van der Waals surface area (Å²) in [5, 5.41) is 6.49. The molecule has 0 N–H and O–H groups in total. The normalized spacial score (nSPS) is 11.6. The molecule has 0 saturated heterocycles. The van der Waals surface area contributed by atoms with E-state index < -0.39 is 11.7 Å². The third kappa shape index (κ3) is 4.39. The van der Waals surface area contributed by atoms with E-state index in [0.717, 1.165) is 4.88 Å². The van der Waals surface area contributed by atoms with Crippen molar-refractivity contribution in [2.24, 2.45) is 0 Å². The van der Waals surface area contributed by atoms with Crippen LogP contribution in [0.1, 0.15) is 25.6 Å². The lowest BCUT2D eigenvalue weighted by molar-refractivity contribution is 0.0578. The fourth-order valence-electron chi connectivity index (χ4n) is 2.60. The first kappa shape index (κ1) is 20.0. The summed E-state index contributed by atoms with van der Waals surface area (Å²) in [6, 6.07) is 5.55. The summed E-state index contributed by atoms with van der Waals surface area (Å²) < 4.78 is 13.5. The molecule has 3 aromatic heterocycles. The van der Waals surface area contributed by atoms with Crippen LogP contribution < -0.4 is 9.64 Å². The zero-order valence-corrected chi connectivity index (χ0v) is 18.5. The number of hydrogen-bond donors (Lipinski definition) is 0. The molecule has 0 aromatic carbocycles. The van der Waals surface area contributed by atoms with Crippen molar-refractivity contribution in [1.29, 1.82) is 0 Å². The molecule has 0 bridgehead atoms. The highest BCUT2D eigenvalue weighted by atomic mass is 79.9. The van der Waals surface area contributed by atoms with Crippen LogP contribution in [0.4, 0.5) is 10.5 Å². The van der Waals surface area contributed by atoms with Gasteiger partial charge in [0.15, 0.2) is 10.9 Å². The van der Waals surface area contributed by atoms with E-state index in [1.807, 2.05) is 38.3 Å². The predicted octanol–water partition coefficient (Wildman–Crippen LogP) is 5.76. The zero-order valence-electron chi connectivity index (χ0n) is 15.3. The van der Waals surface area contributed by atoms with Crippen molar-refractivity contribution < 1.29 is 14.3 Å². The highest BCUT2D eigenvalue weighted by Crippen LogP contribution is 2.39. The van der Waals surface area contributed by atoms with Crippen molar-refractivity contribution in [1.82, 2.24) is 9.61 Å². The average molecular weight is 473 g/mol. The Hall–Kier alpha value is -1.77. The number of carbonyl (C=O) groups is 1. The van der Waals surface area contributed by atoms with Crippen molar-refractivity contribution in [2.75, 3.05) is 12.0 Å². The summed E-state index contributed by atoms with van der Waals surface area (Å²) in [5.41, 5.74) is 0.543. The first-order valence-corrected chi connectivity index (χ1v) is 10.2. The van der Waals surface area contributed by atoms with Crippen LogP contribution in [-0.2, 0) is 11.3 Å². The number of hydrogen-bond acceptors (Lipinski definition) is 5. The molecule has 27 heavy (non-hydrogen) atoms. The molecule has 0 aliphatic carbocycles. The number of thiophene rings is 1. The molecule has 6 nitrogen and oxygen atoms in total. The van der Waals surface area contributed by atoms with Crippen LogP contribution in [-0.4, -0.2) is 28.4 Å². The van der Waals surface area contributed by atoms with Crippen LogP contribution in [0.3, 0.4) is 0 Å². The molecule has 0 saturated carbocycles. The summed E-state index contributed by atoms with van der Waals surface area (Å²) in [6.45, 7) is 5.84. The largest absolute Gasteiger partial charge is 0.493 e. The van der Waals surface area contributed by atoms with Crippen molar-refractivity contribution in [3.63, 3.8) is 0 Å². The number of halogens is 2. The van der Waals surface area contributed by atoms with E-state index in [0.29, 0.717) is 28.0 Å². The van der Waals surface area contributed by atoms with Gasteiger partial charge >= 0.3 is 6.09 Å². The van der Waals surface area contributed by atoms with Crippen LogP contribution in [0.2, 0.25) is 5.15 Å². The maximum atomic E-state index is 13.0. The minimum atomic E-state index is -0.634. The third-order valence-corrected chi connectivity index (χ3v) is 5.21. The quantitative estimate of drug-likeness (QED) is 0.484. The first-order chi connectivity index (χ1) is 12.7. The fourth-order valence-corrected chi connectivity index (χ4v) is 4.02. The van der Waals surface area contributed by atoms with Crippen molar-refractivity contribution >= 4 is 56.2 Å². The second kappa shape index (κ2) is 7.69. The van der Waals surface area contributed by atoms with Crippen molar-refractivity contribution in [3.05, 3.63) is 44.3 Å². The topological polar surface area (TPSA) is 56.1 Å². The Morgan fingerprint density at radius 2 is 2.19 bits per heavy atom. The summed E-state index contributed by atoms with van der Waals surface area (Å²) >= 11 is 11.3.